The first-order chi connectivity index (χ1) is 8.81. The zero-order chi connectivity index (χ0) is 14.5. The van der Waals surface area contributed by atoms with Crippen LogP contribution in [0.3, 0.4) is 0 Å². The van der Waals surface area contributed by atoms with Crippen LogP contribution in [0.4, 0.5) is 23.7 Å². The van der Waals surface area contributed by atoms with Crippen molar-refractivity contribution in [3.8, 4) is 0 Å². The highest BCUT2D eigenvalue weighted by Gasteiger charge is 2.27. The van der Waals surface area contributed by atoms with E-state index in [0.717, 1.165) is 0 Å². The van der Waals surface area contributed by atoms with Gasteiger partial charge in [0.25, 0.3) is 0 Å². The first kappa shape index (κ1) is 14.8. The Morgan fingerprint density at radius 1 is 1.21 bits per heavy atom. The minimum Gasteiger partial charge on any atom is -0.465 e. The minimum atomic E-state index is -4.47. The van der Waals surface area contributed by atoms with Crippen LogP contribution in [0, 0.1) is 0 Å². The number of carbonyl (C=O) groups excluding carboxylic acids is 2. The molecule has 1 rings (SSSR count). The fraction of sp³-hybridized carbons (Fsp3) is 0.273. The molecule has 0 fully saturated rings. The molecule has 104 valence electrons. The molecule has 5 nitrogen and oxygen atoms in total. The van der Waals surface area contributed by atoms with E-state index < -0.39 is 24.7 Å². The number of urea groups is 1. The fourth-order valence-electron chi connectivity index (χ4n) is 1.16. The molecule has 0 radical (unpaired) electrons. The Morgan fingerprint density at radius 3 is 2.26 bits per heavy atom. The van der Waals surface area contributed by atoms with Crippen molar-refractivity contribution in [1.29, 1.82) is 0 Å². The standard InChI is InChI=1S/C11H11F3N2O3/c1-19-9(17)7-2-4-8(5-3-7)16-10(18)15-6-11(12,13)14/h2-5H,6H2,1H3,(H2,15,16,18). The molecule has 0 bridgehead atoms. The number of anilines is 1. The summed E-state index contributed by atoms with van der Waals surface area (Å²) in [5, 5.41) is 3.85. The van der Waals surface area contributed by atoms with Gasteiger partial charge in [-0.25, -0.2) is 9.59 Å². The third-order valence-electron chi connectivity index (χ3n) is 2.01. The maximum absolute atomic E-state index is 11.8. The van der Waals surface area contributed by atoms with Crippen molar-refractivity contribution < 1.29 is 27.5 Å². The highest BCUT2D eigenvalue weighted by Crippen LogP contribution is 2.13. The molecule has 0 aliphatic heterocycles. The highest BCUT2D eigenvalue weighted by atomic mass is 19.4. The van der Waals surface area contributed by atoms with Crippen LogP contribution in [0.2, 0.25) is 0 Å². The summed E-state index contributed by atoms with van der Waals surface area (Å²) < 4.78 is 40.0. The zero-order valence-corrected chi connectivity index (χ0v) is 9.88. The summed E-state index contributed by atoms with van der Waals surface area (Å²) in [5.74, 6) is -0.548. The van der Waals surface area contributed by atoms with Crippen LogP contribution in [-0.2, 0) is 4.74 Å². The van der Waals surface area contributed by atoms with E-state index in [1.165, 1.54) is 31.4 Å². The SMILES string of the molecule is COC(=O)c1ccc(NC(=O)NCC(F)(F)F)cc1. The second-order valence-corrected chi connectivity index (χ2v) is 3.49. The second-order valence-electron chi connectivity index (χ2n) is 3.49. The number of rotatable bonds is 3. The molecule has 0 unspecified atom stereocenters. The molecule has 0 aliphatic carbocycles. The number of ether oxygens (including phenoxy) is 1. The topological polar surface area (TPSA) is 67.4 Å². The molecular weight excluding hydrogens is 265 g/mol. The number of methoxy groups -OCH3 is 1. The Hall–Kier alpha value is -2.25. The van der Waals surface area contributed by atoms with E-state index >= 15 is 0 Å². The van der Waals surface area contributed by atoms with Gasteiger partial charge in [0.2, 0.25) is 0 Å². The second kappa shape index (κ2) is 6.07. The fourth-order valence-corrected chi connectivity index (χ4v) is 1.16. The quantitative estimate of drug-likeness (QED) is 0.831. The van der Waals surface area contributed by atoms with Gasteiger partial charge >= 0.3 is 18.2 Å². The summed E-state index contributed by atoms with van der Waals surface area (Å²) in [7, 11) is 1.22. The summed E-state index contributed by atoms with van der Waals surface area (Å²) in [6, 6.07) is 4.53. The van der Waals surface area contributed by atoms with Crippen LogP contribution in [0.5, 0.6) is 0 Å². The molecule has 1 aromatic carbocycles. The Bertz CT molecular complexity index is 457. The van der Waals surface area contributed by atoms with Gasteiger partial charge in [0, 0.05) is 5.69 Å². The average Bonchev–Trinajstić information content (AvgIpc) is 2.35. The predicted molar refractivity (Wildman–Crippen MR) is 60.9 cm³/mol. The lowest BCUT2D eigenvalue weighted by molar-refractivity contribution is -0.122. The predicted octanol–water partition coefficient (Wildman–Crippen LogP) is 2.16. The van der Waals surface area contributed by atoms with Crippen molar-refractivity contribution in [1.82, 2.24) is 5.32 Å². The number of hydrogen-bond acceptors (Lipinski definition) is 3. The van der Waals surface area contributed by atoms with Crippen LogP contribution in [-0.4, -0.2) is 31.8 Å². The van der Waals surface area contributed by atoms with E-state index in [1.54, 1.807) is 5.32 Å². The maximum Gasteiger partial charge on any atom is 0.405 e. The lowest BCUT2D eigenvalue weighted by atomic mass is 10.2. The number of esters is 1. The number of amides is 2. The first-order valence-electron chi connectivity index (χ1n) is 5.12. The number of alkyl halides is 3. The largest absolute Gasteiger partial charge is 0.465 e. The van der Waals surface area contributed by atoms with Crippen molar-refractivity contribution in [3.63, 3.8) is 0 Å². The van der Waals surface area contributed by atoms with E-state index in [0.29, 0.717) is 0 Å². The molecule has 0 aliphatic rings. The van der Waals surface area contributed by atoms with E-state index in [2.05, 4.69) is 10.1 Å². The van der Waals surface area contributed by atoms with Crippen molar-refractivity contribution in [3.05, 3.63) is 29.8 Å². The van der Waals surface area contributed by atoms with E-state index in [4.69, 9.17) is 0 Å². The van der Waals surface area contributed by atoms with E-state index in [9.17, 15) is 22.8 Å². The van der Waals surface area contributed by atoms with Gasteiger partial charge < -0.3 is 15.4 Å². The highest BCUT2D eigenvalue weighted by molar-refractivity contribution is 5.92. The van der Waals surface area contributed by atoms with Crippen LogP contribution >= 0.6 is 0 Å². The lowest BCUT2D eigenvalue weighted by Gasteiger charge is -2.10. The third kappa shape index (κ3) is 5.28. The molecular formula is C11H11F3N2O3. The first-order valence-corrected chi connectivity index (χ1v) is 5.12. The average molecular weight is 276 g/mol. The Labute approximate surface area is 106 Å². The van der Waals surface area contributed by atoms with Gasteiger partial charge in [-0.15, -0.1) is 0 Å². The molecule has 0 aromatic heterocycles. The van der Waals surface area contributed by atoms with Crippen molar-refractivity contribution in [2.75, 3.05) is 19.0 Å². The van der Waals surface area contributed by atoms with Gasteiger partial charge in [-0.05, 0) is 24.3 Å². The summed E-state index contributed by atoms with van der Waals surface area (Å²) >= 11 is 0. The Balaban J connectivity index is 2.54. The van der Waals surface area contributed by atoms with Crippen LogP contribution < -0.4 is 10.6 Å². The third-order valence-corrected chi connectivity index (χ3v) is 2.01. The number of nitrogens with one attached hydrogen (secondary N) is 2. The molecule has 1 aromatic rings. The maximum atomic E-state index is 11.8. The Kier molecular flexibility index (Phi) is 4.74. The Morgan fingerprint density at radius 2 is 1.79 bits per heavy atom. The van der Waals surface area contributed by atoms with Crippen LogP contribution in [0.1, 0.15) is 10.4 Å². The molecule has 0 saturated heterocycles. The van der Waals surface area contributed by atoms with Crippen molar-refractivity contribution in [2.45, 2.75) is 6.18 Å². The summed E-state index contributed by atoms with van der Waals surface area (Å²) in [6.07, 6.45) is -4.47. The summed E-state index contributed by atoms with van der Waals surface area (Å²) in [4.78, 5) is 22.2. The summed E-state index contributed by atoms with van der Waals surface area (Å²) in [5.41, 5.74) is 0.524. The normalized spacial score (nSPS) is 10.7. The zero-order valence-electron chi connectivity index (χ0n) is 9.88. The van der Waals surface area contributed by atoms with Gasteiger partial charge in [0.1, 0.15) is 6.54 Å². The van der Waals surface area contributed by atoms with Gasteiger partial charge in [-0.3, -0.25) is 0 Å². The van der Waals surface area contributed by atoms with E-state index in [-0.39, 0.29) is 11.3 Å². The smallest absolute Gasteiger partial charge is 0.405 e. The molecule has 8 heteroatoms. The molecule has 2 amide bonds. The summed E-state index contributed by atoms with van der Waals surface area (Å²) in [6.45, 7) is -1.42. The molecule has 0 atom stereocenters. The molecule has 0 heterocycles. The van der Waals surface area contributed by atoms with Crippen LogP contribution in [0.15, 0.2) is 24.3 Å². The lowest BCUT2D eigenvalue weighted by Crippen LogP contribution is -2.36. The van der Waals surface area contributed by atoms with Gasteiger partial charge in [0.05, 0.1) is 12.7 Å². The number of carbonyl (C=O) groups is 2. The molecule has 19 heavy (non-hydrogen) atoms. The molecule has 2 N–H and O–H groups in total. The monoisotopic (exact) mass is 276 g/mol. The van der Waals surface area contributed by atoms with Crippen molar-refractivity contribution >= 4 is 17.7 Å². The number of hydrogen-bond donors (Lipinski definition) is 2. The number of benzene rings is 1. The van der Waals surface area contributed by atoms with Gasteiger partial charge in [0.15, 0.2) is 0 Å². The van der Waals surface area contributed by atoms with Gasteiger partial charge in [-0.1, -0.05) is 0 Å². The van der Waals surface area contributed by atoms with Crippen molar-refractivity contribution in [2.24, 2.45) is 0 Å². The minimum absolute atomic E-state index is 0.257. The molecule has 0 spiro atoms. The van der Waals surface area contributed by atoms with Crippen LogP contribution in [0.25, 0.3) is 0 Å². The van der Waals surface area contributed by atoms with Gasteiger partial charge in [-0.2, -0.15) is 13.2 Å². The number of halogens is 3. The van der Waals surface area contributed by atoms with E-state index in [1.807, 2.05) is 0 Å². The molecule has 0 saturated carbocycles.